The molecule has 2 aliphatic rings. The molecule has 0 aromatic heterocycles. The van der Waals surface area contributed by atoms with Crippen molar-refractivity contribution in [1.29, 1.82) is 0 Å². The fraction of sp³-hybridized carbons (Fsp3) is 0.185. The van der Waals surface area contributed by atoms with Gasteiger partial charge < -0.3 is 14.7 Å². The Morgan fingerprint density at radius 1 is 0.829 bits per heavy atom. The zero-order valence-corrected chi connectivity index (χ0v) is 18.6. The van der Waals surface area contributed by atoms with Crippen molar-refractivity contribution in [2.24, 2.45) is 0 Å². The Hall–Kier alpha value is -4.30. The largest absolute Gasteiger partial charge is 0.459 e. The number of β-lactam (4-membered cyclic amide) rings is 1. The average Bonchev–Trinajstić information content (AvgIpc) is 3.14. The first-order chi connectivity index (χ1) is 17.0. The molecule has 0 bridgehead atoms. The van der Waals surface area contributed by atoms with Crippen LogP contribution in [0, 0.1) is 0 Å². The van der Waals surface area contributed by atoms with Gasteiger partial charge in [-0.2, -0.15) is 0 Å². The van der Waals surface area contributed by atoms with E-state index in [1.165, 1.54) is 17.0 Å². The second-order valence-electron chi connectivity index (χ2n) is 8.36. The Morgan fingerprint density at radius 3 is 1.94 bits per heavy atom. The summed E-state index contributed by atoms with van der Waals surface area (Å²) in [4.78, 5) is 54.9. The molecule has 3 atom stereocenters. The molecular formula is C27H22N2O6. The Bertz CT molecular complexity index is 1260. The number of esters is 1. The van der Waals surface area contributed by atoms with Gasteiger partial charge in [0, 0.05) is 0 Å². The Balaban J connectivity index is 1.48. The number of hydrogen-bond acceptors (Lipinski definition) is 6. The van der Waals surface area contributed by atoms with E-state index >= 15 is 0 Å². The first kappa shape index (κ1) is 22.5. The van der Waals surface area contributed by atoms with Crippen LogP contribution >= 0.6 is 0 Å². The van der Waals surface area contributed by atoms with Gasteiger partial charge in [-0.25, -0.2) is 4.79 Å². The number of amides is 3. The summed E-state index contributed by atoms with van der Waals surface area (Å²) in [6.07, 6.45) is 0. The summed E-state index contributed by atoms with van der Waals surface area (Å²) in [7, 11) is 0. The van der Waals surface area contributed by atoms with E-state index in [0.29, 0.717) is 5.56 Å². The molecule has 176 valence electrons. The van der Waals surface area contributed by atoms with Crippen LogP contribution < -0.4 is 0 Å². The highest BCUT2D eigenvalue weighted by atomic mass is 16.5. The molecule has 0 saturated carbocycles. The Labute approximate surface area is 201 Å². The summed E-state index contributed by atoms with van der Waals surface area (Å²) >= 11 is 0. The van der Waals surface area contributed by atoms with Gasteiger partial charge in [0.2, 0.25) is 5.91 Å². The number of benzene rings is 3. The molecule has 35 heavy (non-hydrogen) atoms. The monoisotopic (exact) mass is 470 g/mol. The van der Waals surface area contributed by atoms with E-state index in [9.17, 15) is 24.3 Å². The van der Waals surface area contributed by atoms with E-state index in [-0.39, 0.29) is 17.7 Å². The topological polar surface area (TPSA) is 104 Å². The number of likely N-dealkylation sites (tertiary alicyclic amines) is 1. The number of rotatable bonds is 7. The third kappa shape index (κ3) is 3.77. The van der Waals surface area contributed by atoms with Crippen molar-refractivity contribution < 1.29 is 29.0 Å². The minimum Gasteiger partial charge on any atom is -0.459 e. The van der Waals surface area contributed by atoms with Crippen molar-refractivity contribution in [3.8, 4) is 0 Å². The van der Waals surface area contributed by atoms with Crippen LogP contribution in [-0.4, -0.2) is 57.3 Å². The smallest absolute Gasteiger partial charge is 0.331 e. The van der Waals surface area contributed by atoms with Crippen LogP contribution in [0.15, 0.2) is 84.9 Å². The molecule has 0 radical (unpaired) electrons. The van der Waals surface area contributed by atoms with E-state index in [4.69, 9.17) is 4.74 Å². The summed E-state index contributed by atoms with van der Waals surface area (Å²) in [6, 6.07) is 20.6. The van der Waals surface area contributed by atoms with Gasteiger partial charge in [-0.1, -0.05) is 72.8 Å². The lowest BCUT2D eigenvalue weighted by molar-refractivity contribution is -0.179. The molecule has 1 saturated heterocycles. The van der Waals surface area contributed by atoms with Gasteiger partial charge in [0.1, 0.15) is 6.61 Å². The highest BCUT2D eigenvalue weighted by molar-refractivity contribution is 6.24. The van der Waals surface area contributed by atoms with Crippen LogP contribution in [-0.2, 0) is 20.9 Å². The van der Waals surface area contributed by atoms with Crippen molar-refractivity contribution in [1.82, 2.24) is 9.80 Å². The molecule has 1 fully saturated rings. The van der Waals surface area contributed by atoms with Gasteiger partial charge in [0.05, 0.1) is 23.8 Å². The number of fused-ring (bicyclic) bond motifs is 1. The van der Waals surface area contributed by atoms with Gasteiger partial charge in [0.25, 0.3) is 11.8 Å². The number of nitrogens with zero attached hydrogens (tertiary/aromatic N) is 2. The lowest BCUT2D eigenvalue weighted by atomic mass is 9.88. The number of carbonyl (C=O) groups excluding carboxylic acids is 4. The lowest BCUT2D eigenvalue weighted by Crippen LogP contribution is -2.75. The maximum atomic E-state index is 13.4. The van der Waals surface area contributed by atoms with Crippen molar-refractivity contribution in [3.63, 3.8) is 0 Å². The van der Waals surface area contributed by atoms with E-state index in [1.807, 2.05) is 6.07 Å². The van der Waals surface area contributed by atoms with E-state index in [1.54, 1.807) is 66.7 Å². The van der Waals surface area contributed by atoms with Gasteiger partial charge in [-0.15, -0.1) is 0 Å². The number of aliphatic hydroxyl groups excluding tert-OH is 1. The van der Waals surface area contributed by atoms with Crippen molar-refractivity contribution in [2.45, 2.75) is 24.7 Å². The van der Waals surface area contributed by atoms with Gasteiger partial charge in [-0.05, 0) is 23.3 Å². The summed E-state index contributed by atoms with van der Waals surface area (Å²) in [5.74, 6) is -2.64. The van der Waals surface area contributed by atoms with Crippen LogP contribution in [0.25, 0.3) is 0 Å². The van der Waals surface area contributed by atoms with Crippen LogP contribution in [0.5, 0.6) is 0 Å². The van der Waals surface area contributed by atoms with E-state index in [2.05, 4.69) is 0 Å². The summed E-state index contributed by atoms with van der Waals surface area (Å²) in [6.45, 7) is -0.491. The molecule has 3 aromatic carbocycles. The number of imide groups is 1. The highest BCUT2D eigenvalue weighted by Crippen LogP contribution is 2.38. The molecule has 8 heteroatoms. The number of hydrogen-bond donors (Lipinski definition) is 1. The minimum atomic E-state index is -1.36. The first-order valence-corrected chi connectivity index (χ1v) is 11.2. The molecule has 2 aliphatic heterocycles. The summed E-state index contributed by atoms with van der Waals surface area (Å²) in [5, 5.41) is 10.1. The summed E-state index contributed by atoms with van der Waals surface area (Å²) < 4.78 is 5.51. The first-order valence-electron chi connectivity index (χ1n) is 11.2. The predicted molar refractivity (Wildman–Crippen MR) is 124 cm³/mol. The average molecular weight is 470 g/mol. The molecule has 8 nitrogen and oxygen atoms in total. The van der Waals surface area contributed by atoms with Crippen molar-refractivity contribution >= 4 is 23.7 Å². The standard InChI is InChI=1S/C27H22N2O6/c30-15-21(18-11-5-2-6-12-18)28-23(27(34)35-16-17-9-3-1-4-10-17)22(26(28)33)29-24(31)19-13-7-8-14-20(19)25(29)32/h1-14,21-23,30H,15-16H2/t21-,22+,23+/m1/s1. The Kier molecular flexibility index (Phi) is 5.88. The molecule has 3 amide bonds. The molecule has 3 aromatic rings. The molecule has 0 spiro atoms. The lowest BCUT2D eigenvalue weighted by Gasteiger charge is -2.50. The quantitative estimate of drug-likeness (QED) is 0.323. The number of aliphatic hydroxyl groups is 1. The zero-order chi connectivity index (χ0) is 24.5. The van der Waals surface area contributed by atoms with Gasteiger partial charge in [-0.3, -0.25) is 19.3 Å². The second kappa shape index (κ2) is 9.15. The van der Waals surface area contributed by atoms with Gasteiger partial charge in [0.15, 0.2) is 12.1 Å². The fourth-order valence-electron chi connectivity index (χ4n) is 4.64. The van der Waals surface area contributed by atoms with Crippen LogP contribution in [0.3, 0.4) is 0 Å². The molecule has 0 unspecified atom stereocenters. The van der Waals surface area contributed by atoms with Crippen molar-refractivity contribution in [2.75, 3.05) is 6.61 Å². The molecule has 2 heterocycles. The normalized spacial score (nSPS) is 19.9. The van der Waals surface area contributed by atoms with Crippen LogP contribution in [0.2, 0.25) is 0 Å². The Morgan fingerprint density at radius 2 is 1.37 bits per heavy atom. The van der Waals surface area contributed by atoms with E-state index < -0.39 is 48.4 Å². The molecule has 0 aliphatic carbocycles. The fourth-order valence-corrected chi connectivity index (χ4v) is 4.64. The van der Waals surface area contributed by atoms with Crippen LogP contribution in [0.4, 0.5) is 0 Å². The third-order valence-electron chi connectivity index (χ3n) is 6.37. The number of carbonyl (C=O) groups is 4. The summed E-state index contributed by atoms with van der Waals surface area (Å²) in [5.41, 5.74) is 1.73. The highest BCUT2D eigenvalue weighted by Gasteiger charge is 2.61. The zero-order valence-electron chi connectivity index (χ0n) is 18.6. The minimum absolute atomic E-state index is 0.0395. The molecule has 1 N–H and O–H groups in total. The van der Waals surface area contributed by atoms with Gasteiger partial charge >= 0.3 is 5.97 Å². The maximum absolute atomic E-state index is 13.4. The van der Waals surface area contributed by atoms with Crippen molar-refractivity contribution in [3.05, 3.63) is 107 Å². The third-order valence-corrected chi connectivity index (χ3v) is 6.37. The second-order valence-corrected chi connectivity index (χ2v) is 8.36. The van der Waals surface area contributed by atoms with E-state index in [0.717, 1.165) is 10.5 Å². The SMILES string of the molecule is O=C(OCc1ccccc1)[C@@H]1[C@H](N2C(=O)c3ccccc3C2=O)C(=O)N1[C@H](CO)c1ccccc1. The number of ether oxygens (including phenoxy) is 1. The molecule has 5 rings (SSSR count). The van der Waals surface area contributed by atoms with Crippen LogP contribution in [0.1, 0.15) is 37.9 Å². The predicted octanol–water partition coefficient (Wildman–Crippen LogP) is 2.34. The maximum Gasteiger partial charge on any atom is 0.331 e. The molecular weight excluding hydrogens is 448 g/mol.